The number of halogens is 3. The second kappa shape index (κ2) is 6.10. The van der Waals surface area contributed by atoms with Crippen molar-refractivity contribution in [1.82, 2.24) is 20.0 Å². The summed E-state index contributed by atoms with van der Waals surface area (Å²) in [6.07, 6.45) is -5.57. The van der Waals surface area contributed by atoms with Crippen LogP contribution in [0.1, 0.15) is 12.8 Å². The minimum Gasteiger partial charge on any atom is -0.380 e. The summed E-state index contributed by atoms with van der Waals surface area (Å²) in [6, 6.07) is -0.0646. The van der Waals surface area contributed by atoms with Crippen LogP contribution in [0.5, 0.6) is 0 Å². The smallest absolute Gasteiger partial charge is 0.380 e. The molecule has 0 aromatic rings. The summed E-state index contributed by atoms with van der Waals surface area (Å²) in [5, 5.41) is 12.4. The second-order valence-electron chi connectivity index (χ2n) is 6.69. The van der Waals surface area contributed by atoms with Crippen LogP contribution in [0.15, 0.2) is 0 Å². The van der Waals surface area contributed by atoms with Crippen molar-refractivity contribution in [3.8, 4) is 0 Å². The summed E-state index contributed by atoms with van der Waals surface area (Å²) in [5.41, 5.74) is -2.66. The predicted octanol–water partition coefficient (Wildman–Crippen LogP) is 0.0850. The number of piperidine rings is 1. The van der Waals surface area contributed by atoms with Gasteiger partial charge in [-0.3, -0.25) is 9.80 Å². The summed E-state index contributed by atoms with van der Waals surface area (Å²) >= 11 is 0. The van der Waals surface area contributed by atoms with Gasteiger partial charge in [-0.05, 0) is 0 Å². The van der Waals surface area contributed by atoms with Crippen LogP contribution >= 0.6 is 0 Å². The number of urea groups is 1. The van der Waals surface area contributed by atoms with Gasteiger partial charge < -0.3 is 15.3 Å². The molecule has 4 aliphatic heterocycles. The number of piperazine rings is 3. The van der Waals surface area contributed by atoms with Crippen molar-refractivity contribution in [1.29, 1.82) is 0 Å². The molecule has 4 heterocycles. The van der Waals surface area contributed by atoms with Crippen LogP contribution in [0.4, 0.5) is 18.0 Å². The van der Waals surface area contributed by atoms with Crippen LogP contribution in [0.25, 0.3) is 0 Å². The first-order valence-corrected chi connectivity index (χ1v) is 8.07. The average Bonchev–Trinajstić information content (AvgIpc) is 2.53. The fourth-order valence-corrected chi connectivity index (χ4v) is 3.60. The zero-order valence-corrected chi connectivity index (χ0v) is 13.0. The third kappa shape index (κ3) is 3.41. The Labute approximate surface area is 133 Å². The van der Waals surface area contributed by atoms with E-state index in [2.05, 4.69) is 15.1 Å². The van der Waals surface area contributed by atoms with Gasteiger partial charge >= 0.3 is 12.2 Å². The number of nitrogens with zero attached hydrogens (tertiary/aromatic N) is 3. The highest BCUT2D eigenvalue weighted by Crippen LogP contribution is 2.38. The highest BCUT2D eigenvalue weighted by Gasteiger charge is 2.54. The van der Waals surface area contributed by atoms with E-state index in [1.54, 1.807) is 0 Å². The molecule has 132 valence electrons. The largest absolute Gasteiger partial charge is 0.417 e. The zero-order chi connectivity index (χ0) is 16.7. The van der Waals surface area contributed by atoms with Crippen molar-refractivity contribution in [2.75, 3.05) is 52.4 Å². The third-order valence-corrected chi connectivity index (χ3v) is 5.29. The molecular formula is C14H23F3N4O2. The number of nitrogens with one attached hydrogen (secondary N) is 1. The molecule has 0 aromatic heterocycles. The molecule has 0 spiro atoms. The molecule has 4 fully saturated rings. The highest BCUT2D eigenvalue weighted by molar-refractivity contribution is 5.74. The maximum atomic E-state index is 12.8. The minimum absolute atomic E-state index is 0.0810. The van der Waals surface area contributed by atoms with Gasteiger partial charge in [0.2, 0.25) is 0 Å². The molecule has 4 saturated heterocycles. The zero-order valence-electron chi connectivity index (χ0n) is 13.0. The van der Waals surface area contributed by atoms with E-state index in [4.69, 9.17) is 0 Å². The van der Waals surface area contributed by atoms with Crippen LogP contribution in [-0.4, -0.2) is 96.0 Å². The molecule has 0 saturated carbocycles. The third-order valence-electron chi connectivity index (χ3n) is 5.29. The first-order valence-electron chi connectivity index (χ1n) is 8.07. The lowest BCUT2D eigenvalue weighted by Gasteiger charge is -2.47. The maximum absolute atomic E-state index is 12.8. The average molecular weight is 336 g/mol. The Bertz CT molecular complexity index is 444. The Morgan fingerprint density at radius 2 is 1.74 bits per heavy atom. The summed E-state index contributed by atoms with van der Waals surface area (Å²) in [4.78, 5) is 18.2. The normalized spacial score (nSPS) is 33.6. The number of carbonyl (C=O) groups is 1. The molecular weight excluding hydrogens is 313 g/mol. The van der Waals surface area contributed by atoms with E-state index in [0.29, 0.717) is 6.54 Å². The van der Waals surface area contributed by atoms with Crippen molar-refractivity contribution in [2.45, 2.75) is 30.7 Å². The van der Waals surface area contributed by atoms with E-state index >= 15 is 0 Å². The van der Waals surface area contributed by atoms with Gasteiger partial charge in [0.15, 0.2) is 5.60 Å². The van der Waals surface area contributed by atoms with E-state index in [1.807, 2.05) is 0 Å². The molecule has 2 amide bonds. The first-order chi connectivity index (χ1) is 10.8. The van der Waals surface area contributed by atoms with Gasteiger partial charge in [-0.1, -0.05) is 0 Å². The van der Waals surface area contributed by atoms with Crippen LogP contribution < -0.4 is 5.32 Å². The van der Waals surface area contributed by atoms with Gasteiger partial charge in [-0.2, -0.15) is 13.2 Å². The Balaban J connectivity index is 1.45. The Morgan fingerprint density at radius 1 is 1.13 bits per heavy atom. The van der Waals surface area contributed by atoms with E-state index in [0.717, 1.165) is 32.7 Å². The van der Waals surface area contributed by atoms with E-state index < -0.39 is 24.6 Å². The molecule has 0 radical (unpaired) electrons. The number of hydrogen-bond donors (Lipinski definition) is 2. The lowest BCUT2D eigenvalue weighted by molar-refractivity contribution is -0.271. The standard InChI is InChI=1S/C14H23F3N4O2/c15-14(16,17)13(23)1-3-21(4-2-13)12(22)18-9-11-10-19-5-7-20(11)8-6-19/h11,23H,1-10H2,(H,18,22). The number of likely N-dealkylation sites (tertiary alicyclic amines) is 1. The number of aliphatic hydroxyl groups is 1. The number of hydrogen-bond acceptors (Lipinski definition) is 4. The molecule has 0 aromatic carbocycles. The summed E-state index contributed by atoms with van der Waals surface area (Å²) in [5.74, 6) is 0. The predicted molar refractivity (Wildman–Crippen MR) is 77.0 cm³/mol. The molecule has 0 aliphatic carbocycles. The molecule has 4 aliphatic rings. The number of fused-ring (bicyclic) bond motifs is 3. The van der Waals surface area contributed by atoms with Crippen molar-refractivity contribution in [3.05, 3.63) is 0 Å². The number of alkyl halides is 3. The second-order valence-corrected chi connectivity index (χ2v) is 6.69. The van der Waals surface area contributed by atoms with Gasteiger partial charge in [0.1, 0.15) is 0 Å². The fraction of sp³-hybridized carbons (Fsp3) is 0.929. The van der Waals surface area contributed by atoms with Crippen molar-refractivity contribution < 1.29 is 23.1 Å². The molecule has 2 bridgehead atoms. The lowest BCUT2D eigenvalue weighted by atomic mass is 9.91. The van der Waals surface area contributed by atoms with Gasteiger partial charge in [-0.25, -0.2) is 4.79 Å². The van der Waals surface area contributed by atoms with Crippen molar-refractivity contribution in [2.24, 2.45) is 0 Å². The first kappa shape index (κ1) is 16.8. The van der Waals surface area contributed by atoms with Crippen molar-refractivity contribution >= 4 is 6.03 Å². The van der Waals surface area contributed by atoms with Gasteiger partial charge in [0.25, 0.3) is 0 Å². The molecule has 23 heavy (non-hydrogen) atoms. The minimum atomic E-state index is -4.64. The van der Waals surface area contributed by atoms with Gasteiger partial charge in [0.05, 0.1) is 0 Å². The molecule has 4 rings (SSSR count). The quantitative estimate of drug-likeness (QED) is 0.750. The summed E-state index contributed by atoms with van der Waals surface area (Å²) in [7, 11) is 0. The SMILES string of the molecule is O=C(NCC1CN2CCN1CC2)N1CCC(O)(C(F)(F)F)CC1. The molecule has 2 N–H and O–H groups in total. The molecule has 1 atom stereocenters. The highest BCUT2D eigenvalue weighted by atomic mass is 19.4. The molecule has 1 unspecified atom stereocenters. The van der Waals surface area contributed by atoms with E-state index in [1.165, 1.54) is 4.90 Å². The number of carbonyl (C=O) groups excluding carboxylic acids is 1. The fourth-order valence-electron chi connectivity index (χ4n) is 3.60. The van der Waals surface area contributed by atoms with Crippen LogP contribution in [0.2, 0.25) is 0 Å². The molecule has 6 nitrogen and oxygen atoms in total. The van der Waals surface area contributed by atoms with Crippen LogP contribution in [0, 0.1) is 0 Å². The Kier molecular flexibility index (Phi) is 4.45. The van der Waals surface area contributed by atoms with Gasteiger partial charge in [0, 0.05) is 71.2 Å². The maximum Gasteiger partial charge on any atom is 0.417 e. The monoisotopic (exact) mass is 336 g/mol. The topological polar surface area (TPSA) is 59.1 Å². The Hall–Kier alpha value is -1.06. The Morgan fingerprint density at radius 3 is 2.22 bits per heavy atom. The summed E-state index contributed by atoms with van der Waals surface area (Å²) < 4.78 is 38.3. The van der Waals surface area contributed by atoms with Crippen molar-refractivity contribution in [3.63, 3.8) is 0 Å². The number of rotatable bonds is 2. The summed E-state index contributed by atoms with van der Waals surface area (Å²) in [6.45, 7) is 5.40. The van der Waals surface area contributed by atoms with Crippen LogP contribution in [0.3, 0.4) is 0 Å². The molecule has 9 heteroatoms. The van der Waals surface area contributed by atoms with Crippen LogP contribution in [-0.2, 0) is 0 Å². The van der Waals surface area contributed by atoms with E-state index in [-0.39, 0.29) is 25.2 Å². The lowest BCUT2D eigenvalue weighted by Crippen LogP contribution is -2.64. The van der Waals surface area contributed by atoms with E-state index in [9.17, 15) is 23.1 Å². The number of amides is 2. The van der Waals surface area contributed by atoms with Gasteiger partial charge in [-0.15, -0.1) is 0 Å².